The van der Waals surface area contributed by atoms with E-state index < -0.39 is 17.2 Å². The minimum atomic E-state index is -1.24. The Morgan fingerprint density at radius 2 is 1.67 bits per heavy atom. The average molecular weight is 310 g/mol. The highest BCUT2D eigenvalue weighted by atomic mass is 28.1. The van der Waals surface area contributed by atoms with Crippen molar-refractivity contribution in [2.24, 2.45) is 0 Å². The van der Waals surface area contributed by atoms with E-state index in [9.17, 15) is 4.79 Å². The standard InChI is InChI=1S/C15H22O5Si/c1-14(17-2,18-3)15(21,19-4)20-13(16)11-10-12-8-6-5-7-9-12/h5-11H,1-4,21H3. The number of esters is 1. The Labute approximate surface area is 128 Å². The van der Waals surface area contributed by atoms with Crippen LogP contribution in [0, 0.1) is 0 Å². The summed E-state index contributed by atoms with van der Waals surface area (Å²) >= 11 is 0. The van der Waals surface area contributed by atoms with Gasteiger partial charge in [0.25, 0.3) is 0 Å². The third-order valence-corrected chi connectivity index (χ3v) is 5.02. The number of benzene rings is 1. The van der Waals surface area contributed by atoms with E-state index in [1.165, 1.54) is 27.4 Å². The van der Waals surface area contributed by atoms with Gasteiger partial charge in [-0.25, -0.2) is 4.79 Å². The monoisotopic (exact) mass is 310 g/mol. The van der Waals surface area contributed by atoms with E-state index >= 15 is 0 Å². The van der Waals surface area contributed by atoms with Crippen LogP contribution in [0.1, 0.15) is 12.5 Å². The number of hydrogen-bond acceptors (Lipinski definition) is 5. The van der Waals surface area contributed by atoms with Crippen molar-refractivity contribution < 1.29 is 23.7 Å². The molecule has 0 spiro atoms. The SMILES string of the molecule is COC(C)(OC)C([SiH3])(OC)OC(=O)C=Cc1ccccc1. The number of ether oxygens (including phenoxy) is 4. The van der Waals surface area contributed by atoms with Crippen molar-refractivity contribution in [2.75, 3.05) is 21.3 Å². The molecule has 0 N–H and O–H groups in total. The van der Waals surface area contributed by atoms with E-state index in [1.54, 1.807) is 13.0 Å². The minimum Gasteiger partial charge on any atom is -0.429 e. The lowest BCUT2D eigenvalue weighted by Gasteiger charge is -2.41. The largest absolute Gasteiger partial charge is 0.429 e. The van der Waals surface area contributed by atoms with E-state index in [-0.39, 0.29) is 0 Å². The maximum absolute atomic E-state index is 12.0. The van der Waals surface area contributed by atoms with Gasteiger partial charge >= 0.3 is 5.97 Å². The van der Waals surface area contributed by atoms with Crippen LogP contribution in [0.2, 0.25) is 0 Å². The van der Waals surface area contributed by atoms with Crippen LogP contribution in [0.5, 0.6) is 0 Å². The van der Waals surface area contributed by atoms with Gasteiger partial charge in [0.05, 0.1) is 0 Å². The predicted octanol–water partition coefficient (Wildman–Crippen LogP) is 0.918. The highest BCUT2D eigenvalue weighted by Gasteiger charge is 2.49. The molecule has 1 unspecified atom stereocenters. The van der Waals surface area contributed by atoms with Gasteiger partial charge in [-0.1, -0.05) is 30.3 Å². The topological polar surface area (TPSA) is 54.0 Å². The molecule has 6 heteroatoms. The smallest absolute Gasteiger partial charge is 0.333 e. The Morgan fingerprint density at radius 1 is 1.10 bits per heavy atom. The normalized spacial score (nSPS) is 15.0. The summed E-state index contributed by atoms with van der Waals surface area (Å²) in [6, 6.07) is 9.48. The van der Waals surface area contributed by atoms with Gasteiger partial charge in [-0.3, -0.25) is 0 Å². The molecule has 1 atom stereocenters. The molecular formula is C15H22O5Si. The fourth-order valence-corrected chi connectivity index (χ4v) is 2.34. The molecule has 0 saturated heterocycles. The molecular weight excluding hydrogens is 288 g/mol. The fraction of sp³-hybridized carbons (Fsp3) is 0.400. The summed E-state index contributed by atoms with van der Waals surface area (Å²) in [5.74, 6) is -1.68. The number of hydrogen-bond donors (Lipinski definition) is 0. The Morgan fingerprint density at radius 3 is 2.14 bits per heavy atom. The van der Waals surface area contributed by atoms with Crippen LogP contribution in [0.15, 0.2) is 36.4 Å². The van der Waals surface area contributed by atoms with Gasteiger partial charge in [0, 0.05) is 27.4 Å². The summed E-state index contributed by atoms with van der Waals surface area (Å²) in [6.45, 7) is 1.66. The molecule has 21 heavy (non-hydrogen) atoms. The van der Waals surface area contributed by atoms with Crippen LogP contribution in [0.25, 0.3) is 6.08 Å². The van der Waals surface area contributed by atoms with Crippen molar-refractivity contribution >= 4 is 22.3 Å². The van der Waals surface area contributed by atoms with Gasteiger partial charge in [0.2, 0.25) is 11.2 Å². The lowest BCUT2D eigenvalue weighted by molar-refractivity contribution is -0.336. The fourth-order valence-electron chi connectivity index (χ4n) is 1.73. The lowest BCUT2D eigenvalue weighted by atomic mass is 10.2. The van der Waals surface area contributed by atoms with Crippen molar-refractivity contribution in [1.82, 2.24) is 0 Å². The van der Waals surface area contributed by atoms with Gasteiger partial charge < -0.3 is 18.9 Å². The van der Waals surface area contributed by atoms with Crippen LogP contribution in [0.3, 0.4) is 0 Å². The number of rotatable bonds is 7. The molecule has 1 aromatic carbocycles. The lowest BCUT2D eigenvalue weighted by Crippen LogP contribution is -2.59. The zero-order valence-corrected chi connectivity index (χ0v) is 15.1. The quantitative estimate of drug-likeness (QED) is 0.324. The molecule has 0 bridgehead atoms. The third kappa shape index (κ3) is 4.24. The molecule has 0 heterocycles. The predicted molar refractivity (Wildman–Crippen MR) is 83.7 cm³/mol. The van der Waals surface area contributed by atoms with Crippen LogP contribution < -0.4 is 0 Å². The second-order valence-corrected chi connectivity index (χ2v) is 5.99. The molecule has 0 aromatic heterocycles. The highest BCUT2D eigenvalue weighted by Crippen LogP contribution is 2.28. The minimum absolute atomic E-state index is 0.372. The summed E-state index contributed by atoms with van der Waals surface area (Å²) in [7, 11) is 4.78. The maximum atomic E-state index is 12.0. The molecule has 0 aliphatic heterocycles. The second-order valence-electron chi connectivity index (χ2n) is 4.67. The summed E-state index contributed by atoms with van der Waals surface area (Å²) in [4.78, 5) is 12.0. The van der Waals surface area contributed by atoms with Gasteiger partial charge in [0.1, 0.15) is 10.2 Å². The number of methoxy groups -OCH3 is 3. The first kappa shape index (κ1) is 17.6. The van der Waals surface area contributed by atoms with E-state index in [0.717, 1.165) is 5.56 Å². The van der Waals surface area contributed by atoms with Crippen LogP contribution in [-0.2, 0) is 23.7 Å². The van der Waals surface area contributed by atoms with Gasteiger partial charge in [0.15, 0.2) is 0 Å². The van der Waals surface area contributed by atoms with E-state index in [4.69, 9.17) is 18.9 Å². The van der Waals surface area contributed by atoms with E-state index in [1.807, 2.05) is 30.3 Å². The Hall–Kier alpha value is -1.47. The first-order chi connectivity index (χ1) is 9.90. The van der Waals surface area contributed by atoms with Gasteiger partial charge in [-0.2, -0.15) is 0 Å². The van der Waals surface area contributed by atoms with Crippen LogP contribution in [0.4, 0.5) is 0 Å². The molecule has 0 amide bonds. The first-order valence-electron chi connectivity index (χ1n) is 6.52. The third-order valence-electron chi connectivity index (χ3n) is 3.50. The molecule has 116 valence electrons. The average Bonchev–Trinajstić information content (AvgIpc) is 2.52. The molecule has 1 aromatic rings. The molecule has 5 nitrogen and oxygen atoms in total. The summed E-state index contributed by atoms with van der Waals surface area (Å²) in [6.07, 6.45) is 3.03. The zero-order chi connectivity index (χ0) is 15.9. The molecule has 0 fully saturated rings. The van der Waals surface area contributed by atoms with Crippen molar-refractivity contribution in [3.63, 3.8) is 0 Å². The summed E-state index contributed by atoms with van der Waals surface area (Å²) < 4.78 is 21.3. The van der Waals surface area contributed by atoms with Crippen molar-refractivity contribution in [1.29, 1.82) is 0 Å². The van der Waals surface area contributed by atoms with Crippen LogP contribution >= 0.6 is 0 Å². The molecule has 0 radical (unpaired) electrons. The Balaban J connectivity index is 2.82. The maximum Gasteiger partial charge on any atom is 0.333 e. The van der Waals surface area contributed by atoms with E-state index in [0.29, 0.717) is 10.2 Å². The Kier molecular flexibility index (Phi) is 6.29. The van der Waals surface area contributed by atoms with Crippen molar-refractivity contribution in [3.8, 4) is 0 Å². The summed E-state index contributed by atoms with van der Waals surface area (Å²) in [5, 5.41) is 0. The second kappa shape index (κ2) is 7.51. The molecule has 0 saturated carbocycles. The zero-order valence-electron chi connectivity index (χ0n) is 13.1. The highest BCUT2D eigenvalue weighted by molar-refractivity contribution is 6.15. The summed E-state index contributed by atoms with van der Waals surface area (Å²) in [5.41, 5.74) is -0.332. The number of carbonyl (C=O) groups is 1. The van der Waals surface area contributed by atoms with Gasteiger partial charge in [-0.15, -0.1) is 0 Å². The van der Waals surface area contributed by atoms with Gasteiger partial charge in [-0.05, 0) is 18.6 Å². The van der Waals surface area contributed by atoms with Crippen molar-refractivity contribution in [2.45, 2.75) is 18.1 Å². The first-order valence-corrected chi connectivity index (χ1v) is 7.52. The number of carbonyl (C=O) groups excluding carboxylic acids is 1. The Bertz CT molecular complexity index is 484. The van der Waals surface area contributed by atoms with E-state index in [2.05, 4.69) is 0 Å². The molecule has 0 aliphatic carbocycles. The van der Waals surface area contributed by atoms with Crippen LogP contribution in [-0.4, -0.2) is 48.7 Å². The molecule has 0 aliphatic rings. The molecule has 1 rings (SSSR count). The van der Waals surface area contributed by atoms with Crippen molar-refractivity contribution in [3.05, 3.63) is 42.0 Å².